The Morgan fingerprint density at radius 1 is 1.32 bits per heavy atom. The fourth-order valence-electron chi connectivity index (χ4n) is 1.35. The van der Waals surface area contributed by atoms with Gasteiger partial charge in [-0.3, -0.25) is 9.59 Å². The van der Waals surface area contributed by atoms with Gasteiger partial charge in [0.1, 0.15) is 18.2 Å². The number of esters is 1. The van der Waals surface area contributed by atoms with Gasteiger partial charge >= 0.3 is 5.97 Å². The minimum Gasteiger partial charge on any atom is -0.451 e. The van der Waals surface area contributed by atoms with Crippen LogP contribution in [0.3, 0.4) is 0 Å². The maximum Gasteiger partial charge on any atom is 0.323 e. The Morgan fingerprint density at radius 2 is 1.95 bits per heavy atom. The second kappa shape index (κ2) is 9.82. The highest BCUT2D eigenvalue weighted by Crippen LogP contribution is 2.06. The summed E-state index contributed by atoms with van der Waals surface area (Å²) in [6.07, 6.45) is -2.95. The second-order valence-electron chi connectivity index (χ2n) is 4.17. The number of hydrogen-bond acceptors (Lipinski definition) is 8. The molecule has 0 aromatic rings. The minimum absolute atomic E-state index is 0.175. The monoisotopic (exact) mass is 278 g/mol. The normalized spacial score (nSPS) is 17.3. The molecule has 0 spiro atoms. The van der Waals surface area contributed by atoms with Gasteiger partial charge in [-0.05, 0) is 19.4 Å². The predicted octanol–water partition coefficient (Wildman–Crippen LogP) is -2.73. The Labute approximate surface area is 111 Å². The lowest BCUT2D eigenvalue weighted by Crippen LogP contribution is -2.45. The first-order chi connectivity index (χ1) is 8.97. The first-order valence-electron chi connectivity index (χ1n) is 6.06. The van der Waals surface area contributed by atoms with Crippen molar-refractivity contribution in [2.24, 2.45) is 11.5 Å². The van der Waals surface area contributed by atoms with Crippen molar-refractivity contribution in [3.63, 3.8) is 0 Å². The van der Waals surface area contributed by atoms with Gasteiger partial charge in [-0.25, -0.2) is 0 Å². The average molecular weight is 278 g/mol. The quantitative estimate of drug-likeness (QED) is 0.164. The molecule has 0 unspecified atom stereocenters. The van der Waals surface area contributed by atoms with Crippen molar-refractivity contribution in [3.8, 4) is 0 Å². The van der Waals surface area contributed by atoms with E-state index >= 15 is 0 Å². The van der Waals surface area contributed by atoms with Crippen LogP contribution in [-0.4, -0.2) is 65.1 Å². The third kappa shape index (κ3) is 6.60. The van der Waals surface area contributed by atoms with E-state index in [9.17, 15) is 14.7 Å². The molecule has 4 atom stereocenters. The Bertz CT molecular complexity index is 276. The van der Waals surface area contributed by atoms with Crippen LogP contribution in [0.5, 0.6) is 0 Å². The third-order valence-electron chi connectivity index (χ3n) is 2.58. The van der Waals surface area contributed by atoms with Gasteiger partial charge in [0.05, 0.1) is 6.61 Å². The fraction of sp³-hybridized carbons (Fsp3) is 0.818. The number of carbonyl (C=O) groups is 2. The molecular formula is C11H22N2O6. The van der Waals surface area contributed by atoms with Crippen molar-refractivity contribution < 1.29 is 29.6 Å². The second-order valence-corrected chi connectivity index (χ2v) is 4.17. The molecule has 0 saturated heterocycles. The smallest absolute Gasteiger partial charge is 0.323 e. The number of carbonyl (C=O) groups excluding carboxylic acids is 2. The van der Waals surface area contributed by atoms with Gasteiger partial charge in [0.25, 0.3) is 0 Å². The van der Waals surface area contributed by atoms with E-state index in [2.05, 4.69) is 0 Å². The van der Waals surface area contributed by atoms with Crippen LogP contribution in [0.4, 0.5) is 0 Å². The molecule has 19 heavy (non-hydrogen) atoms. The van der Waals surface area contributed by atoms with Gasteiger partial charge in [0.2, 0.25) is 0 Å². The van der Waals surface area contributed by atoms with Crippen LogP contribution >= 0.6 is 0 Å². The van der Waals surface area contributed by atoms with Gasteiger partial charge in [0, 0.05) is 0 Å². The number of rotatable bonds is 10. The maximum atomic E-state index is 11.5. The highest BCUT2D eigenvalue weighted by Gasteiger charge is 2.30. The summed E-state index contributed by atoms with van der Waals surface area (Å²) >= 11 is 0. The van der Waals surface area contributed by atoms with Crippen molar-refractivity contribution in [3.05, 3.63) is 0 Å². The molecular weight excluding hydrogens is 256 g/mol. The van der Waals surface area contributed by atoms with E-state index in [1.165, 1.54) is 0 Å². The van der Waals surface area contributed by atoms with Crippen molar-refractivity contribution in [1.82, 2.24) is 0 Å². The molecule has 8 nitrogen and oxygen atoms in total. The van der Waals surface area contributed by atoms with E-state index in [-0.39, 0.29) is 6.29 Å². The number of aliphatic hydroxyl groups is 3. The average Bonchev–Trinajstić information content (AvgIpc) is 2.42. The van der Waals surface area contributed by atoms with Crippen LogP contribution in [0.2, 0.25) is 0 Å². The number of unbranched alkanes of at least 4 members (excludes halogenated alkanes) is 1. The lowest BCUT2D eigenvalue weighted by Gasteiger charge is -2.22. The highest BCUT2D eigenvalue weighted by atomic mass is 16.6. The van der Waals surface area contributed by atoms with Crippen molar-refractivity contribution in [2.75, 3.05) is 13.2 Å². The Morgan fingerprint density at radius 3 is 2.42 bits per heavy atom. The zero-order chi connectivity index (χ0) is 14.8. The van der Waals surface area contributed by atoms with E-state index in [0.717, 1.165) is 0 Å². The molecule has 0 radical (unpaired) electrons. The summed E-state index contributed by atoms with van der Waals surface area (Å²) in [5.41, 5.74) is 10.8. The zero-order valence-corrected chi connectivity index (χ0v) is 10.6. The summed E-state index contributed by atoms with van der Waals surface area (Å²) < 4.78 is 4.69. The maximum absolute atomic E-state index is 11.5. The summed E-state index contributed by atoms with van der Waals surface area (Å²) in [6, 6.07) is -0.924. The topological polar surface area (TPSA) is 156 Å². The molecule has 0 heterocycles. The molecule has 7 N–H and O–H groups in total. The van der Waals surface area contributed by atoms with Crippen LogP contribution in [0.15, 0.2) is 0 Å². The van der Waals surface area contributed by atoms with Crippen LogP contribution in [0.1, 0.15) is 19.3 Å². The van der Waals surface area contributed by atoms with Gasteiger partial charge in [-0.1, -0.05) is 6.42 Å². The standard InChI is InChI=1S/C11H22N2O6/c12-4-2-1-3-7(13)11(18)19-9(6-15)10(17)8(16)5-14/h6-10,14,16-17H,1-5,12-13H2/t7-,8+,9-,10+/m0/s1. The van der Waals surface area contributed by atoms with Gasteiger partial charge in [-0.2, -0.15) is 0 Å². The zero-order valence-electron chi connectivity index (χ0n) is 10.6. The lowest BCUT2D eigenvalue weighted by atomic mass is 10.1. The van der Waals surface area contributed by atoms with Crippen molar-refractivity contribution >= 4 is 12.3 Å². The van der Waals surface area contributed by atoms with Gasteiger partial charge in [0.15, 0.2) is 12.4 Å². The molecule has 0 saturated carbocycles. The molecule has 0 bridgehead atoms. The first kappa shape index (κ1) is 17.9. The fourth-order valence-corrected chi connectivity index (χ4v) is 1.35. The summed E-state index contributed by atoms with van der Waals surface area (Å²) in [5, 5.41) is 27.2. The summed E-state index contributed by atoms with van der Waals surface area (Å²) in [4.78, 5) is 22.2. The molecule has 112 valence electrons. The number of aldehydes is 1. The van der Waals surface area contributed by atoms with Gasteiger partial charge in [-0.15, -0.1) is 0 Å². The minimum atomic E-state index is -1.69. The molecule has 0 aromatic carbocycles. The molecule has 8 heteroatoms. The largest absolute Gasteiger partial charge is 0.451 e. The van der Waals surface area contributed by atoms with E-state index in [1.807, 2.05) is 0 Å². The molecule has 0 aliphatic rings. The summed E-state index contributed by atoms with van der Waals surface area (Å²) in [6.45, 7) is -0.272. The predicted molar refractivity (Wildman–Crippen MR) is 65.9 cm³/mol. The summed E-state index contributed by atoms with van der Waals surface area (Å²) in [7, 11) is 0. The summed E-state index contributed by atoms with van der Waals surface area (Å²) in [5.74, 6) is -0.849. The van der Waals surface area contributed by atoms with Crippen molar-refractivity contribution in [2.45, 2.75) is 43.6 Å². The molecule has 0 aromatic heterocycles. The van der Waals surface area contributed by atoms with Gasteiger partial charge < -0.3 is 31.5 Å². The third-order valence-corrected chi connectivity index (χ3v) is 2.58. The van der Waals surface area contributed by atoms with Crippen LogP contribution in [0, 0.1) is 0 Å². The highest BCUT2D eigenvalue weighted by molar-refractivity contribution is 5.77. The number of ether oxygens (including phenoxy) is 1. The van der Waals surface area contributed by atoms with E-state index in [1.54, 1.807) is 0 Å². The first-order valence-corrected chi connectivity index (χ1v) is 6.06. The molecule has 0 aliphatic carbocycles. The Balaban J connectivity index is 4.29. The Hall–Kier alpha value is -1.06. The van der Waals surface area contributed by atoms with E-state index in [0.29, 0.717) is 25.8 Å². The number of nitrogens with two attached hydrogens (primary N) is 2. The molecule has 0 amide bonds. The molecule has 0 rings (SSSR count). The number of aliphatic hydroxyl groups excluding tert-OH is 3. The SMILES string of the molecule is NCCCC[C@H](N)C(=O)O[C@@H](C=O)[C@H](O)[C@H](O)CO. The molecule has 0 fully saturated rings. The van der Waals surface area contributed by atoms with E-state index in [4.69, 9.17) is 26.4 Å². The van der Waals surface area contributed by atoms with Crippen LogP contribution < -0.4 is 11.5 Å². The Kier molecular flexibility index (Phi) is 9.27. The number of hydrogen-bond donors (Lipinski definition) is 5. The van der Waals surface area contributed by atoms with E-state index < -0.39 is 36.9 Å². The van der Waals surface area contributed by atoms with Crippen LogP contribution in [0.25, 0.3) is 0 Å². The lowest BCUT2D eigenvalue weighted by molar-refractivity contribution is -0.165. The van der Waals surface area contributed by atoms with Crippen molar-refractivity contribution in [1.29, 1.82) is 0 Å². The molecule has 0 aliphatic heterocycles. The van der Waals surface area contributed by atoms with Crippen LogP contribution in [-0.2, 0) is 14.3 Å².